The van der Waals surface area contributed by atoms with Crippen LogP contribution in [0.2, 0.25) is 0 Å². The van der Waals surface area contributed by atoms with Gasteiger partial charge in [-0.3, -0.25) is 0 Å². The smallest absolute Gasteiger partial charge is 0.148 e. The van der Waals surface area contributed by atoms with Gasteiger partial charge in [-0.2, -0.15) is 0 Å². The van der Waals surface area contributed by atoms with E-state index in [1.807, 2.05) is 0 Å². The summed E-state index contributed by atoms with van der Waals surface area (Å²) in [6, 6.07) is 0. The highest BCUT2D eigenvalue weighted by Crippen LogP contribution is 2.13. The van der Waals surface area contributed by atoms with Gasteiger partial charge in [0, 0.05) is 11.1 Å². The first-order chi connectivity index (χ1) is 5.95. The summed E-state index contributed by atoms with van der Waals surface area (Å²) >= 11 is 3.39. The second-order valence-electron chi connectivity index (χ2n) is 3.54. The Morgan fingerprint density at radius 2 is 1.85 bits per heavy atom. The zero-order valence-electron chi connectivity index (χ0n) is 8.42. The van der Waals surface area contributed by atoms with Gasteiger partial charge in [0.05, 0.1) is 5.75 Å². The van der Waals surface area contributed by atoms with Crippen molar-refractivity contribution in [3.05, 3.63) is 0 Å². The lowest BCUT2D eigenvalue weighted by molar-refractivity contribution is 0.592. The lowest BCUT2D eigenvalue weighted by atomic mass is 10.1. The Labute approximate surface area is 90.2 Å². The fourth-order valence-electron chi connectivity index (χ4n) is 1.20. The van der Waals surface area contributed by atoms with Crippen molar-refractivity contribution in [3.8, 4) is 0 Å². The van der Waals surface area contributed by atoms with Crippen molar-refractivity contribution in [2.24, 2.45) is 0 Å². The zero-order chi connectivity index (χ0) is 10.3. The molecule has 0 spiro atoms. The second kappa shape index (κ2) is 6.82. The second-order valence-corrected chi connectivity index (χ2v) is 7.02. The molecule has 0 fully saturated rings. The highest BCUT2D eigenvalue weighted by atomic mass is 79.9. The third-order valence-corrected chi connectivity index (χ3v) is 4.07. The minimum Gasteiger partial charge on any atom is -0.229 e. The van der Waals surface area contributed by atoms with Gasteiger partial charge in [0.15, 0.2) is 0 Å². The topological polar surface area (TPSA) is 34.1 Å². The molecule has 0 rings (SSSR count). The van der Waals surface area contributed by atoms with Crippen molar-refractivity contribution >= 4 is 25.8 Å². The van der Waals surface area contributed by atoms with Crippen molar-refractivity contribution in [3.63, 3.8) is 0 Å². The van der Waals surface area contributed by atoms with Gasteiger partial charge >= 0.3 is 0 Å². The van der Waals surface area contributed by atoms with Crippen LogP contribution in [0.4, 0.5) is 0 Å². The minimum atomic E-state index is -2.81. The first-order valence-corrected chi connectivity index (χ1v) is 7.75. The first-order valence-electron chi connectivity index (χ1n) is 4.77. The summed E-state index contributed by atoms with van der Waals surface area (Å²) in [7, 11) is -2.81. The van der Waals surface area contributed by atoms with Gasteiger partial charge in [0.25, 0.3) is 0 Å². The fraction of sp³-hybridized carbons (Fsp3) is 1.00. The summed E-state index contributed by atoms with van der Waals surface area (Å²) in [5.41, 5.74) is 0. The summed E-state index contributed by atoms with van der Waals surface area (Å²) < 4.78 is 21.8. The van der Waals surface area contributed by atoms with Crippen molar-refractivity contribution in [1.82, 2.24) is 0 Å². The van der Waals surface area contributed by atoms with Crippen molar-refractivity contribution < 1.29 is 8.42 Å². The predicted molar refractivity (Wildman–Crippen MR) is 61.2 cm³/mol. The first kappa shape index (κ1) is 13.4. The molecule has 0 saturated carbocycles. The molecule has 0 radical (unpaired) electrons. The molecular weight excluding hydrogens is 252 g/mol. The molecule has 1 atom stereocenters. The molecular formula is C9H19BrO2S. The van der Waals surface area contributed by atoms with E-state index in [0.29, 0.717) is 0 Å². The Balaban J connectivity index is 3.47. The number of hydrogen-bond donors (Lipinski definition) is 0. The van der Waals surface area contributed by atoms with Crippen molar-refractivity contribution in [1.29, 1.82) is 0 Å². The molecule has 0 aliphatic rings. The van der Waals surface area contributed by atoms with E-state index < -0.39 is 9.84 Å². The van der Waals surface area contributed by atoms with E-state index in [0.717, 1.165) is 12.8 Å². The number of alkyl halides is 1. The van der Waals surface area contributed by atoms with E-state index in [2.05, 4.69) is 22.9 Å². The lowest BCUT2D eigenvalue weighted by Crippen LogP contribution is -2.14. The molecule has 0 heterocycles. The molecule has 0 saturated heterocycles. The van der Waals surface area contributed by atoms with Crippen LogP contribution in [0.1, 0.15) is 39.0 Å². The Hall–Kier alpha value is 0.430. The molecule has 13 heavy (non-hydrogen) atoms. The van der Waals surface area contributed by atoms with E-state index in [4.69, 9.17) is 0 Å². The zero-order valence-corrected chi connectivity index (χ0v) is 10.8. The fourth-order valence-corrected chi connectivity index (χ4v) is 3.79. The van der Waals surface area contributed by atoms with Gasteiger partial charge in [-0.25, -0.2) is 8.42 Å². The molecule has 0 N–H and O–H groups in total. The highest BCUT2D eigenvalue weighted by Gasteiger charge is 2.11. The normalized spacial score (nSPS) is 14.4. The maximum absolute atomic E-state index is 10.9. The summed E-state index contributed by atoms with van der Waals surface area (Å²) in [6.07, 6.45) is 7.06. The number of hydrogen-bond acceptors (Lipinski definition) is 2. The van der Waals surface area contributed by atoms with E-state index >= 15 is 0 Å². The largest absolute Gasteiger partial charge is 0.229 e. The van der Waals surface area contributed by atoms with Crippen LogP contribution in [0.3, 0.4) is 0 Å². The average Bonchev–Trinajstić information content (AvgIpc) is 1.94. The molecule has 0 aromatic carbocycles. The molecule has 0 aromatic heterocycles. The average molecular weight is 271 g/mol. The van der Waals surface area contributed by atoms with Crippen LogP contribution in [-0.2, 0) is 9.84 Å². The number of halogens is 1. The maximum atomic E-state index is 10.9. The van der Waals surface area contributed by atoms with Gasteiger partial charge in [0.1, 0.15) is 9.84 Å². The Morgan fingerprint density at radius 3 is 2.31 bits per heavy atom. The van der Waals surface area contributed by atoms with Crippen LogP contribution in [0.15, 0.2) is 0 Å². The third-order valence-electron chi connectivity index (χ3n) is 1.85. The monoisotopic (exact) mass is 270 g/mol. The number of sulfone groups is 1. The molecule has 0 aromatic rings. The van der Waals surface area contributed by atoms with Gasteiger partial charge in [0.2, 0.25) is 0 Å². The van der Waals surface area contributed by atoms with Crippen LogP contribution in [-0.4, -0.2) is 25.3 Å². The van der Waals surface area contributed by atoms with Crippen molar-refractivity contribution in [2.75, 3.05) is 12.0 Å². The maximum Gasteiger partial charge on any atom is 0.148 e. The molecule has 0 aliphatic heterocycles. The van der Waals surface area contributed by atoms with E-state index in [-0.39, 0.29) is 10.6 Å². The lowest BCUT2D eigenvalue weighted by Gasteiger charge is -2.07. The van der Waals surface area contributed by atoms with E-state index in [1.165, 1.54) is 25.5 Å². The van der Waals surface area contributed by atoms with Gasteiger partial charge in [-0.05, 0) is 6.42 Å². The summed E-state index contributed by atoms with van der Waals surface area (Å²) in [5, 5.41) is 0. The van der Waals surface area contributed by atoms with Gasteiger partial charge < -0.3 is 0 Å². The summed E-state index contributed by atoms with van der Waals surface area (Å²) in [6.45, 7) is 2.17. The van der Waals surface area contributed by atoms with Crippen LogP contribution in [0, 0.1) is 0 Å². The molecule has 0 aliphatic carbocycles. The SMILES string of the molecule is CCCCCCC(Br)CS(C)(=O)=O. The number of unbranched alkanes of at least 4 members (excludes halogenated alkanes) is 3. The molecule has 0 amide bonds. The van der Waals surface area contributed by atoms with E-state index in [1.54, 1.807) is 0 Å². The van der Waals surface area contributed by atoms with Crippen LogP contribution < -0.4 is 0 Å². The Kier molecular flexibility index (Phi) is 7.05. The van der Waals surface area contributed by atoms with Crippen LogP contribution in [0.25, 0.3) is 0 Å². The molecule has 2 nitrogen and oxygen atoms in total. The summed E-state index contributed by atoms with van der Waals surface area (Å²) in [4.78, 5) is 0.138. The molecule has 4 heteroatoms. The highest BCUT2D eigenvalue weighted by molar-refractivity contribution is 9.09. The summed E-state index contributed by atoms with van der Waals surface area (Å²) in [5.74, 6) is 0.263. The van der Waals surface area contributed by atoms with Gasteiger partial charge in [-0.1, -0.05) is 48.5 Å². The van der Waals surface area contributed by atoms with E-state index in [9.17, 15) is 8.42 Å². The Morgan fingerprint density at radius 1 is 1.23 bits per heavy atom. The standard InChI is InChI=1S/C9H19BrO2S/c1-3-4-5-6-7-9(10)8-13(2,11)12/h9H,3-8H2,1-2H3. The predicted octanol–water partition coefficient (Wildman–Crippen LogP) is 2.76. The molecule has 1 unspecified atom stereocenters. The molecule has 0 bridgehead atoms. The molecule has 80 valence electrons. The third kappa shape index (κ3) is 10.4. The number of rotatable bonds is 7. The Bertz CT molecular complexity index is 212. The minimum absolute atomic E-state index is 0.138. The van der Waals surface area contributed by atoms with Crippen LogP contribution in [0.5, 0.6) is 0 Å². The quantitative estimate of drug-likeness (QED) is 0.527. The van der Waals surface area contributed by atoms with Crippen LogP contribution >= 0.6 is 15.9 Å². The van der Waals surface area contributed by atoms with Gasteiger partial charge in [-0.15, -0.1) is 0 Å². The van der Waals surface area contributed by atoms with Crippen molar-refractivity contribution in [2.45, 2.75) is 43.9 Å².